The van der Waals surface area contributed by atoms with Crippen LogP contribution in [0.3, 0.4) is 0 Å². The molecule has 62 valence electrons. The number of hydrogen-bond donors (Lipinski definition) is 0. The third-order valence-corrected chi connectivity index (χ3v) is 1.51. The van der Waals surface area contributed by atoms with Crippen LogP contribution in [-0.2, 0) is 5.54 Å². The Bertz CT molecular complexity index is 258. The van der Waals surface area contributed by atoms with E-state index in [0.29, 0.717) is 5.56 Å². The summed E-state index contributed by atoms with van der Waals surface area (Å²) in [5.41, 5.74) is 0.332. The molecule has 0 saturated carbocycles. The minimum Gasteiger partial charge on any atom is -0.234 e. The molecule has 1 rings (SSSR count). The van der Waals surface area contributed by atoms with Crippen LogP contribution in [0.15, 0.2) is 6.20 Å². The van der Waals surface area contributed by atoms with E-state index in [0.717, 1.165) is 0 Å². The maximum absolute atomic E-state index is 13.2. The lowest BCUT2D eigenvalue weighted by molar-refractivity contribution is 0.298. The lowest BCUT2D eigenvalue weighted by Gasteiger charge is -2.19. The molecule has 3 heteroatoms. The third-order valence-electron chi connectivity index (χ3n) is 1.51. The van der Waals surface area contributed by atoms with Gasteiger partial charge in [0.2, 0.25) is 5.95 Å². The molecule has 0 aliphatic rings. The Morgan fingerprint density at radius 2 is 2.00 bits per heavy atom. The summed E-state index contributed by atoms with van der Waals surface area (Å²) in [6.07, 6.45) is 1.54. The van der Waals surface area contributed by atoms with Crippen LogP contribution in [0.5, 0.6) is 0 Å². The van der Waals surface area contributed by atoms with Crippen LogP contribution in [-0.4, -0.2) is 9.78 Å². The second-order valence-electron chi connectivity index (χ2n) is 3.70. The SMILES string of the molecule is Cc1cnn(C(C)(C)C)c1F. The summed E-state index contributed by atoms with van der Waals surface area (Å²) in [5, 5.41) is 3.93. The van der Waals surface area contributed by atoms with Gasteiger partial charge in [0, 0.05) is 5.56 Å². The van der Waals surface area contributed by atoms with Crippen molar-refractivity contribution < 1.29 is 4.39 Å². The lowest BCUT2D eigenvalue weighted by atomic mass is 10.1. The molecule has 0 aliphatic heterocycles. The number of aryl methyl sites for hydroxylation is 1. The Kier molecular flexibility index (Phi) is 1.74. The molecular weight excluding hydrogens is 143 g/mol. The average molecular weight is 156 g/mol. The van der Waals surface area contributed by atoms with E-state index in [1.54, 1.807) is 13.1 Å². The number of halogens is 1. The molecule has 0 aromatic carbocycles. The van der Waals surface area contributed by atoms with Crippen molar-refractivity contribution in [2.75, 3.05) is 0 Å². The molecule has 0 spiro atoms. The zero-order chi connectivity index (χ0) is 8.65. The molecule has 0 bridgehead atoms. The zero-order valence-electron chi connectivity index (χ0n) is 7.35. The molecule has 11 heavy (non-hydrogen) atoms. The fraction of sp³-hybridized carbons (Fsp3) is 0.625. The van der Waals surface area contributed by atoms with Gasteiger partial charge in [-0.2, -0.15) is 9.49 Å². The minimum atomic E-state index is -0.266. The first-order valence-electron chi connectivity index (χ1n) is 3.63. The molecule has 1 aromatic heterocycles. The third kappa shape index (κ3) is 1.42. The molecule has 0 atom stereocenters. The monoisotopic (exact) mass is 156 g/mol. The Balaban J connectivity index is 3.15. The van der Waals surface area contributed by atoms with Crippen molar-refractivity contribution in [2.45, 2.75) is 33.2 Å². The van der Waals surface area contributed by atoms with Crippen LogP contribution < -0.4 is 0 Å². The fourth-order valence-electron chi connectivity index (χ4n) is 0.883. The molecule has 0 unspecified atom stereocenters. The normalized spacial score (nSPS) is 12.1. The molecule has 1 aromatic rings. The Labute approximate surface area is 66.0 Å². The van der Waals surface area contributed by atoms with Gasteiger partial charge < -0.3 is 0 Å². The van der Waals surface area contributed by atoms with Gasteiger partial charge in [-0.1, -0.05) is 0 Å². The van der Waals surface area contributed by atoms with Crippen molar-refractivity contribution >= 4 is 0 Å². The highest BCUT2D eigenvalue weighted by atomic mass is 19.1. The van der Waals surface area contributed by atoms with Crippen LogP contribution in [0.25, 0.3) is 0 Å². The quantitative estimate of drug-likeness (QED) is 0.562. The maximum Gasteiger partial charge on any atom is 0.214 e. The highest BCUT2D eigenvalue weighted by Gasteiger charge is 2.18. The zero-order valence-corrected chi connectivity index (χ0v) is 7.35. The molecule has 0 aliphatic carbocycles. The molecule has 2 nitrogen and oxygen atoms in total. The molecule has 0 amide bonds. The summed E-state index contributed by atoms with van der Waals surface area (Å²) in [6.45, 7) is 7.47. The second-order valence-corrected chi connectivity index (χ2v) is 3.70. The molecule has 0 N–H and O–H groups in total. The Morgan fingerprint density at radius 1 is 1.45 bits per heavy atom. The van der Waals surface area contributed by atoms with E-state index in [1.807, 2.05) is 20.8 Å². The summed E-state index contributed by atoms with van der Waals surface area (Å²) in [5.74, 6) is -0.238. The van der Waals surface area contributed by atoms with Crippen molar-refractivity contribution in [3.8, 4) is 0 Å². The van der Waals surface area contributed by atoms with Crippen LogP contribution >= 0.6 is 0 Å². The minimum absolute atomic E-state index is 0.238. The highest BCUT2D eigenvalue weighted by molar-refractivity contribution is 5.04. The van der Waals surface area contributed by atoms with E-state index in [2.05, 4.69) is 5.10 Å². The highest BCUT2D eigenvalue weighted by Crippen LogP contribution is 2.16. The molecule has 1 heterocycles. The van der Waals surface area contributed by atoms with Gasteiger partial charge in [-0.25, -0.2) is 4.68 Å². The smallest absolute Gasteiger partial charge is 0.214 e. The first-order chi connectivity index (χ1) is 4.93. The predicted octanol–water partition coefficient (Wildman–Crippen LogP) is 2.09. The average Bonchev–Trinajstić information content (AvgIpc) is 2.11. The first-order valence-corrected chi connectivity index (χ1v) is 3.63. The van der Waals surface area contributed by atoms with Gasteiger partial charge in [-0.05, 0) is 27.7 Å². The predicted molar refractivity (Wildman–Crippen MR) is 41.9 cm³/mol. The summed E-state index contributed by atoms with van der Waals surface area (Å²) in [6, 6.07) is 0. The largest absolute Gasteiger partial charge is 0.234 e. The van der Waals surface area contributed by atoms with Crippen molar-refractivity contribution in [1.82, 2.24) is 9.78 Å². The number of rotatable bonds is 0. The first kappa shape index (κ1) is 8.24. The van der Waals surface area contributed by atoms with Gasteiger partial charge in [0.05, 0.1) is 11.7 Å². The van der Waals surface area contributed by atoms with E-state index in [4.69, 9.17) is 0 Å². The molecule has 0 fully saturated rings. The topological polar surface area (TPSA) is 17.8 Å². The van der Waals surface area contributed by atoms with E-state index in [9.17, 15) is 4.39 Å². The molecule has 0 saturated heterocycles. The Hall–Kier alpha value is -0.860. The number of nitrogens with zero attached hydrogens (tertiary/aromatic N) is 2. The number of aromatic nitrogens is 2. The second kappa shape index (κ2) is 2.32. The standard InChI is InChI=1S/C8H13FN2/c1-6-5-10-11(7(6)9)8(2,3)4/h5H,1-4H3. The van der Waals surface area contributed by atoms with E-state index < -0.39 is 0 Å². The van der Waals surface area contributed by atoms with E-state index in [1.165, 1.54) is 4.68 Å². The van der Waals surface area contributed by atoms with Crippen LogP contribution in [0.2, 0.25) is 0 Å². The lowest BCUT2D eigenvalue weighted by Crippen LogP contribution is -2.24. The fourth-order valence-corrected chi connectivity index (χ4v) is 0.883. The van der Waals surface area contributed by atoms with E-state index in [-0.39, 0.29) is 11.5 Å². The van der Waals surface area contributed by atoms with Gasteiger partial charge in [-0.3, -0.25) is 0 Å². The molecular formula is C8H13FN2. The summed E-state index contributed by atoms with van der Waals surface area (Å²) >= 11 is 0. The van der Waals surface area contributed by atoms with Crippen molar-refractivity contribution in [2.24, 2.45) is 0 Å². The van der Waals surface area contributed by atoms with Crippen molar-refractivity contribution in [1.29, 1.82) is 0 Å². The van der Waals surface area contributed by atoms with Gasteiger partial charge in [0.15, 0.2) is 0 Å². The van der Waals surface area contributed by atoms with Gasteiger partial charge >= 0.3 is 0 Å². The van der Waals surface area contributed by atoms with Gasteiger partial charge in [0.25, 0.3) is 0 Å². The Morgan fingerprint density at radius 3 is 2.18 bits per heavy atom. The van der Waals surface area contributed by atoms with Crippen LogP contribution in [0.4, 0.5) is 4.39 Å². The van der Waals surface area contributed by atoms with Gasteiger partial charge in [-0.15, -0.1) is 0 Å². The van der Waals surface area contributed by atoms with Crippen molar-refractivity contribution in [3.05, 3.63) is 17.7 Å². The van der Waals surface area contributed by atoms with Gasteiger partial charge in [0.1, 0.15) is 0 Å². The van der Waals surface area contributed by atoms with Crippen LogP contribution in [0, 0.1) is 12.9 Å². The van der Waals surface area contributed by atoms with Crippen LogP contribution in [0.1, 0.15) is 26.3 Å². The van der Waals surface area contributed by atoms with E-state index >= 15 is 0 Å². The van der Waals surface area contributed by atoms with Crippen molar-refractivity contribution in [3.63, 3.8) is 0 Å². The summed E-state index contributed by atoms with van der Waals surface area (Å²) < 4.78 is 14.5. The molecule has 0 radical (unpaired) electrons. The maximum atomic E-state index is 13.2. The summed E-state index contributed by atoms with van der Waals surface area (Å²) in [7, 11) is 0. The summed E-state index contributed by atoms with van der Waals surface area (Å²) in [4.78, 5) is 0. The number of hydrogen-bond acceptors (Lipinski definition) is 1.